The predicted molar refractivity (Wildman–Crippen MR) is 128 cm³/mol. The lowest BCUT2D eigenvalue weighted by Crippen LogP contribution is -2.52. The summed E-state index contributed by atoms with van der Waals surface area (Å²) < 4.78 is 27.0. The number of benzene rings is 2. The summed E-state index contributed by atoms with van der Waals surface area (Å²) in [5, 5.41) is 8.41. The molecule has 1 saturated heterocycles. The summed E-state index contributed by atoms with van der Waals surface area (Å²) in [6.45, 7) is 5.04. The maximum absolute atomic E-state index is 12.8. The molecule has 1 unspecified atom stereocenters. The van der Waals surface area contributed by atoms with Crippen LogP contribution in [0.3, 0.4) is 0 Å². The molecule has 9 heteroatoms. The van der Waals surface area contributed by atoms with Gasteiger partial charge >= 0.3 is 6.03 Å². The second-order valence-corrected chi connectivity index (χ2v) is 10.5. The monoisotopic (exact) mass is 472 g/mol. The van der Waals surface area contributed by atoms with Crippen LogP contribution in [0.1, 0.15) is 26.7 Å². The normalized spacial score (nSPS) is 16.2. The molecule has 0 saturated carbocycles. The van der Waals surface area contributed by atoms with Crippen molar-refractivity contribution in [1.29, 1.82) is 0 Å². The molecule has 3 rings (SSSR count). The molecule has 2 aromatic carbocycles. The molecule has 1 fully saturated rings. The van der Waals surface area contributed by atoms with Gasteiger partial charge in [0.15, 0.2) is 0 Å². The van der Waals surface area contributed by atoms with Crippen LogP contribution >= 0.6 is 0 Å². The van der Waals surface area contributed by atoms with E-state index in [4.69, 9.17) is 0 Å². The minimum atomic E-state index is -3.49. The van der Waals surface area contributed by atoms with Gasteiger partial charge in [0.25, 0.3) is 0 Å². The minimum Gasteiger partial charge on any atom is -0.354 e. The first-order valence-corrected chi connectivity index (χ1v) is 12.7. The quantitative estimate of drug-likeness (QED) is 0.549. The molecule has 8 nitrogen and oxygen atoms in total. The number of rotatable bonds is 8. The standard InChI is InChI=1S/C24H32N4O4S/c1-18(2)22(27-24(30)26-20-9-5-3-6-10-20)23(29)25-17-19-13-15-28(16-14-19)33(31,32)21-11-7-4-8-12-21/h3-12,18-19,22H,13-17H2,1-2H3,(H,25,29)(H2,26,27,30). The molecule has 0 bridgehead atoms. The van der Waals surface area contributed by atoms with Crippen molar-refractivity contribution < 1.29 is 18.0 Å². The predicted octanol–water partition coefficient (Wildman–Crippen LogP) is 3.05. The fourth-order valence-corrected chi connectivity index (χ4v) is 5.31. The Labute approximate surface area is 195 Å². The van der Waals surface area contributed by atoms with Gasteiger partial charge in [-0.3, -0.25) is 4.79 Å². The molecule has 3 N–H and O–H groups in total. The summed E-state index contributed by atoms with van der Waals surface area (Å²) >= 11 is 0. The number of amides is 3. The summed E-state index contributed by atoms with van der Waals surface area (Å²) in [5.41, 5.74) is 0.648. The highest BCUT2D eigenvalue weighted by atomic mass is 32.2. The Balaban J connectivity index is 1.47. The molecule has 2 aromatic rings. The van der Waals surface area contributed by atoms with E-state index in [0.717, 1.165) is 0 Å². The van der Waals surface area contributed by atoms with Crippen molar-refractivity contribution in [2.75, 3.05) is 25.0 Å². The summed E-state index contributed by atoms with van der Waals surface area (Å²) in [6.07, 6.45) is 1.33. The van der Waals surface area contributed by atoms with E-state index < -0.39 is 22.1 Å². The van der Waals surface area contributed by atoms with Crippen molar-refractivity contribution in [2.45, 2.75) is 37.6 Å². The van der Waals surface area contributed by atoms with E-state index >= 15 is 0 Å². The van der Waals surface area contributed by atoms with Gasteiger partial charge in [0.2, 0.25) is 15.9 Å². The number of para-hydroxylation sites is 1. The second-order valence-electron chi connectivity index (χ2n) is 8.59. The number of nitrogens with one attached hydrogen (secondary N) is 3. The van der Waals surface area contributed by atoms with Gasteiger partial charge in [-0.05, 0) is 48.9 Å². The molecule has 33 heavy (non-hydrogen) atoms. The van der Waals surface area contributed by atoms with Crippen LogP contribution in [0.4, 0.5) is 10.5 Å². The van der Waals surface area contributed by atoms with E-state index in [1.165, 1.54) is 4.31 Å². The van der Waals surface area contributed by atoms with Gasteiger partial charge < -0.3 is 16.0 Å². The van der Waals surface area contributed by atoms with Gasteiger partial charge in [-0.15, -0.1) is 0 Å². The van der Waals surface area contributed by atoms with E-state index in [1.807, 2.05) is 32.0 Å². The molecule has 0 spiro atoms. The van der Waals surface area contributed by atoms with Crippen LogP contribution < -0.4 is 16.0 Å². The van der Waals surface area contributed by atoms with Crippen LogP contribution in [0.15, 0.2) is 65.6 Å². The largest absolute Gasteiger partial charge is 0.354 e. The number of hydrogen-bond acceptors (Lipinski definition) is 4. The molecule has 0 aliphatic carbocycles. The molecule has 1 atom stereocenters. The zero-order chi connectivity index (χ0) is 23.8. The van der Waals surface area contributed by atoms with Crippen molar-refractivity contribution in [3.8, 4) is 0 Å². The molecule has 1 heterocycles. The number of hydrogen-bond donors (Lipinski definition) is 3. The third-order valence-electron chi connectivity index (χ3n) is 5.79. The van der Waals surface area contributed by atoms with E-state index in [1.54, 1.807) is 42.5 Å². The van der Waals surface area contributed by atoms with Crippen molar-refractivity contribution in [3.63, 3.8) is 0 Å². The molecule has 1 aliphatic heterocycles. The van der Waals surface area contributed by atoms with Crippen molar-refractivity contribution in [1.82, 2.24) is 14.9 Å². The summed E-state index contributed by atoms with van der Waals surface area (Å²) in [7, 11) is -3.49. The summed E-state index contributed by atoms with van der Waals surface area (Å²) in [6, 6.07) is 16.4. The Kier molecular flexibility index (Phi) is 8.46. The first-order valence-electron chi connectivity index (χ1n) is 11.2. The van der Waals surface area contributed by atoms with Crippen molar-refractivity contribution in [3.05, 3.63) is 60.7 Å². The Hall–Kier alpha value is -2.91. The van der Waals surface area contributed by atoms with Crippen LogP contribution in [0.5, 0.6) is 0 Å². The van der Waals surface area contributed by atoms with Crippen LogP contribution in [-0.4, -0.2) is 50.3 Å². The van der Waals surface area contributed by atoms with Gasteiger partial charge in [0.05, 0.1) is 4.90 Å². The minimum absolute atomic E-state index is 0.0932. The van der Waals surface area contributed by atoms with E-state index in [2.05, 4.69) is 16.0 Å². The van der Waals surface area contributed by atoms with Crippen molar-refractivity contribution >= 4 is 27.6 Å². The zero-order valence-corrected chi connectivity index (χ0v) is 19.8. The Morgan fingerprint density at radius 1 is 0.970 bits per heavy atom. The van der Waals surface area contributed by atoms with Gasteiger partial charge in [-0.1, -0.05) is 50.2 Å². The first kappa shape index (κ1) is 24.7. The molecule has 1 aliphatic rings. The molecule has 0 aromatic heterocycles. The Bertz CT molecular complexity index is 1020. The number of carbonyl (C=O) groups excluding carboxylic acids is 2. The van der Waals surface area contributed by atoms with Crippen LogP contribution in [0.2, 0.25) is 0 Å². The van der Waals surface area contributed by atoms with Crippen LogP contribution in [0.25, 0.3) is 0 Å². The number of sulfonamides is 1. The van der Waals surface area contributed by atoms with E-state index in [9.17, 15) is 18.0 Å². The van der Waals surface area contributed by atoms with E-state index in [-0.39, 0.29) is 17.7 Å². The number of anilines is 1. The average molecular weight is 473 g/mol. The molecule has 0 radical (unpaired) electrons. The number of carbonyl (C=O) groups is 2. The molecular weight excluding hydrogens is 440 g/mol. The highest BCUT2D eigenvalue weighted by molar-refractivity contribution is 7.89. The van der Waals surface area contributed by atoms with E-state index in [0.29, 0.717) is 43.1 Å². The fourth-order valence-electron chi connectivity index (χ4n) is 3.82. The fraction of sp³-hybridized carbons (Fsp3) is 0.417. The smallest absolute Gasteiger partial charge is 0.319 e. The lowest BCUT2D eigenvalue weighted by molar-refractivity contribution is -0.124. The topological polar surface area (TPSA) is 108 Å². The first-order chi connectivity index (χ1) is 15.8. The summed E-state index contributed by atoms with van der Waals surface area (Å²) in [4.78, 5) is 25.4. The Morgan fingerprint density at radius 2 is 1.55 bits per heavy atom. The number of nitrogens with zero attached hydrogens (tertiary/aromatic N) is 1. The molecule has 3 amide bonds. The number of piperidine rings is 1. The highest BCUT2D eigenvalue weighted by Crippen LogP contribution is 2.23. The van der Waals surface area contributed by atoms with Gasteiger partial charge in [-0.2, -0.15) is 4.31 Å². The van der Waals surface area contributed by atoms with Crippen LogP contribution in [0, 0.1) is 11.8 Å². The SMILES string of the molecule is CC(C)C(NC(=O)Nc1ccccc1)C(=O)NCC1CCN(S(=O)(=O)c2ccccc2)CC1. The van der Waals surface area contributed by atoms with Gasteiger partial charge in [0, 0.05) is 25.3 Å². The number of urea groups is 1. The van der Waals surface area contributed by atoms with Gasteiger partial charge in [0.1, 0.15) is 6.04 Å². The van der Waals surface area contributed by atoms with Gasteiger partial charge in [-0.25, -0.2) is 13.2 Å². The second kappa shape index (κ2) is 11.3. The lowest BCUT2D eigenvalue weighted by atomic mass is 9.97. The lowest BCUT2D eigenvalue weighted by Gasteiger charge is -2.31. The maximum Gasteiger partial charge on any atom is 0.319 e. The average Bonchev–Trinajstić information content (AvgIpc) is 2.82. The maximum atomic E-state index is 12.8. The summed E-state index contributed by atoms with van der Waals surface area (Å²) in [5.74, 6) is -0.154. The zero-order valence-electron chi connectivity index (χ0n) is 19.0. The Morgan fingerprint density at radius 3 is 2.12 bits per heavy atom. The third-order valence-corrected chi connectivity index (χ3v) is 7.70. The van der Waals surface area contributed by atoms with Crippen LogP contribution in [-0.2, 0) is 14.8 Å². The third kappa shape index (κ3) is 6.79. The molecule has 178 valence electrons. The van der Waals surface area contributed by atoms with Crippen molar-refractivity contribution in [2.24, 2.45) is 11.8 Å². The highest BCUT2D eigenvalue weighted by Gasteiger charge is 2.30. The molecular formula is C24H32N4O4S.